The van der Waals surface area contributed by atoms with Crippen LogP contribution in [0.2, 0.25) is 5.02 Å². The van der Waals surface area contributed by atoms with Crippen molar-refractivity contribution in [1.29, 1.82) is 0 Å². The molecule has 2 nitrogen and oxygen atoms in total. The highest BCUT2D eigenvalue weighted by atomic mass is 35.5. The van der Waals surface area contributed by atoms with Crippen molar-refractivity contribution in [2.24, 2.45) is 0 Å². The van der Waals surface area contributed by atoms with Gasteiger partial charge in [-0.2, -0.15) is 0 Å². The largest absolute Gasteiger partial charge is 0.468 e. The second-order valence-corrected chi connectivity index (χ2v) is 5.31. The Balaban J connectivity index is 1.93. The molecular formula is C16H20ClNO. The topological polar surface area (TPSA) is 25.2 Å². The van der Waals surface area contributed by atoms with E-state index in [0.29, 0.717) is 6.04 Å². The summed E-state index contributed by atoms with van der Waals surface area (Å²) in [5, 5.41) is 4.39. The molecule has 0 aliphatic heterocycles. The molecule has 0 saturated carbocycles. The standard InChI is InChI=1S/C16H20ClNO/c1-3-15(16-5-4-10-19-16)18-12(2)11-13-6-8-14(17)9-7-13/h4-10,12,15,18H,3,11H2,1-2H3. The highest BCUT2D eigenvalue weighted by Gasteiger charge is 2.14. The van der Waals surface area contributed by atoms with Gasteiger partial charge >= 0.3 is 0 Å². The van der Waals surface area contributed by atoms with Gasteiger partial charge in [0.15, 0.2) is 0 Å². The van der Waals surface area contributed by atoms with Gasteiger partial charge in [0.1, 0.15) is 5.76 Å². The summed E-state index contributed by atoms with van der Waals surface area (Å²) in [4.78, 5) is 0. The first-order chi connectivity index (χ1) is 9.19. The molecule has 0 amide bonds. The summed E-state index contributed by atoms with van der Waals surface area (Å²) in [6.45, 7) is 4.36. The Hall–Kier alpha value is -1.25. The molecule has 0 fully saturated rings. The van der Waals surface area contributed by atoms with Gasteiger partial charge in [0, 0.05) is 11.1 Å². The van der Waals surface area contributed by atoms with E-state index in [9.17, 15) is 0 Å². The van der Waals surface area contributed by atoms with E-state index < -0.39 is 0 Å². The quantitative estimate of drug-likeness (QED) is 0.834. The summed E-state index contributed by atoms with van der Waals surface area (Å²) in [7, 11) is 0. The molecule has 102 valence electrons. The molecular weight excluding hydrogens is 258 g/mol. The normalized spacial score (nSPS) is 14.3. The minimum Gasteiger partial charge on any atom is -0.468 e. The Bertz CT molecular complexity index is 478. The summed E-state index contributed by atoms with van der Waals surface area (Å²) in [5.41, 5.74) is 1.29. The number of hydrogen-bond acceptors (Lipinski definition) is 2. The van der Waals surface area contributed by atoms with Crippen molar-refractivity contribution in [1.82, 2.24) is 5.32 Å². The molecule has 1 aromatic carbocycles. The lowest BCUT2D eigenvalue weighted by molar-refractivity contribution is 0.371. The molecule has 0 aliphatic rings. The second-order valence-electron chi connectivity index (χ2n) is 4.87. The van der Waals surface area contributed by atoms with E-state index in [1.165, 1.54) is 5.56 Å². The molecule has 3 heteroatoms. The number of nitrogens with one attached hydrogen (secondary N) is 1. The van der Waals surface area contributed by atoms with Crippen LogP contribution in [-0.2, 0) is 6.42 Å². The third-order valence-electron chi connectivity index (χ3n) is 3.24. The maximum Gasteiger partial charge on any atom is 0.120 e. The summed E-state index contributed by atoms with van der Waals surface area (Å²) in [6, 6.07) is 12.7. The average molecular weight is 278 g/mol. The lowest BCUT2D eigenvalue weighted by atomic mass is 10.0. The van der Waals surface area contributed by atoms with Gasteiger partial charge in [-0.05, 0) is 49.6 Å². The number of halogens is 1. The van der Waals surface area contributed by atoms with Crippen LogP contribution in [0.1, 0.15) is 37.6 Å². The number of hydrogen-bond donors (Lipinski definition) is 1. The van der Waals surface area contributed by atoms with Gasteiger partial charge in [-0.3, -0.25) is 0 Å². The fraction of sp³-hybridized carbons (Fsp3) is 0.375. The van der Waals surface area contributed by atoms with E-state index in [1.807, 2.05) is 24.3 Å². The molecule has 1 aromatic heterocycles. The van der Waals surface area contributed by atoms with Crippen LogP contribution in [0.3, 0.4) is 0 Å². The summed E-state index contributed by atoms with van der Waals surface area (Å²) >= 11 is 5.89. The van der Waals surface area contributed by atoms with Crippen LogP contribution >= 0.6 is 11.6 Å². The lowest BCUT2D eigenvalue weighted by Crippen LogP contribution is -2.31. The van der Waals surface area contributed by atoms with Crippen molar-refractivity contribution in [3.8, 4) is 0 Å². The molecule has 19 heavy (non-hydrogen) atoms. The van der Waals surface area contributed by atoms with Crippen molar-refractivity contribution in [3.63, 3.8) is 0 Å². The first-order valence-electron chi connectivity index (χ1n) is 6.73. The van der Waals surface area contributed by atoms with Crippen LogP contribution in [0, 0.1) is 0 Å². The van der Waals surface area contributed by atoms with E-state index in [2.05, 4.69) is 31.3 Å². The zero-order valence-electron chi connectivity index (χ0n) is 11.4. The van der Waals surface area contributed by atoms with E-state index >= 15 is 0 Å². The van der Waals surface area contributed by atoms with Crippen molar-refractivity contribution in [2.45, 2.75) is 38.8 Å². The summed E-state index contributed by atoms with van der Waals surface area (Å²) in [5.74, 6) is 1.01. The number of benzene rings is 1. The predicted molar refractivity (Wildman–Crippen MR) is 79.5 cm³/mol. The van der Waals surface area contributed by atoms with Crippen molar-refractivity contribution in [2.75, 3.05) is 0 Å². The Kier molecular flexibility index (Phi) is 5.06. The third-order valence-corrected chi connectivity index (χ3v) is 3.49. The molecule has 2 aromatic rings. The molecule has 2 rings (SSSR count). The van der Waals surface area contributed by atoms with Crippen LogP contribution in [-0.4, -0.2) is 6.04 Å². The monoisotopic (exact) mass is 277 g/mol. The molecule has 0 radical (unpaired) electrons. The van der Waals surface area contributed by atoms with Gasteiger partial charge in [0.2, 0.25) is 0 Å². The van der Waals surface area contributed by atoms with Gasteiger partial charge in [0.05, 0.1) is 12.3 Å². The van der Waals surface area contributed by atoms with Gasteiger partial charge in [-0.25, -0.2) is 0 Å². The van der Waals surface area contributed by atoms with Crippen molar-refractivity contribution >= 4 is 11.6 Å². The Morgan fingerprint density at radius 3 is 2.53 bits per heavy atom. The van der Waals surface area contributed by atoms with Crippen LogP contribution < -0.4 is 5.32 Å². The molecule has 0 spiro atoms. The smallest absolute Gasteiger partial charge is 0.120 e. The number of rotatable bonds is 6. The van der Waals surface area contributed by atoms with Crippen LogP contribution in [0.5, 0.6) is 0 Å². The highest BCUT2D eigenvalue weighted by Crippen LogP contribution is 2.18. The maximum absolute atomic E-state index is 5.89. The maximum atomic E-state index is 5.89. The van der Waals surface area contributed by atoms with Crippen LogP contribution in [0.15, 0.2) is 47.1 Å². The fourth-order valence-corrected chi connectivity index (χ4v) is 2.39. The van der Waals surface area contributed by atoms with E-state index in [1.54, 1.807) is 6.26 Å². The van der Waals surface area contributed by atoms with Gasteiger partial charge in [-0.15, -0.1) is 0 Å². The minimum atomic E-state index is 0.275. The minimum absolute atomic E-state index is 0.275. The Morgan fingerprint density at radius 1 is 1.21 bits per heavy atom. The van der Waals surface area contributed by atoms with Crippen LogP contribution in [0.25, 0.3) is 0 Å². The average Bonchev–Trinajstić information content (AvgIpc) is 2.92. The Morgan fingerprint density at radius 2 is 1.95 bits per heavy atom. The van der Waals surface area contributed by atoms with Gasteiger partial charge in [-0.1, -0.05) is 30.7 Å². The van der Waals surface area contributed by atoms with Gasteiger partial charge in [0.25, 0.3) is 0 Å². The molecule has 1 N–H and O–H groups in total. The number of furan rings is 1. The SMILES string of the molecule is CCC(NC(C)Cc1ccc(Cl)cc1)c1ccco1. The zero-order valence-corrected chi connectivity index (χ0v) is 12.2. The highest BCUT2D eigenvalue weighted by molar-refractivity contribution is 6.30. The lowest BCUT2D eigenvalue weighted by Gasteiger charge is -2.20. The zero-order chi connectivity index (χ0) is 13.7. The van der Waals surface area contributed by atoms with Crippen LogP contribution in [0.4, 0.5) is 0 Å². The molecule has 0 bridgehead atoms. The second kappa shape index (κ2) is 6.78. The first kappa shape index (κ1) is 14.2. The molecule has 2 atom stereocenters. The van der Waals surface area contributed by atoms with Crippen molar-refractivity contribution < 1.29 is 4.42 Å². The fourth-order valence-electron chi connectivity index (χ4n) is 2.27. The molecule has 2 unspecified atom stereocenters. The van der Waals surface area contributed by atoms with E-state index in [4.69, 9.17) is 16.0 Å². The Labute approximate surface area is 119 Å². The van der Waals surface area contributed by atoms with E-state index in [0.717, 1.165) is 23.6 Å². The third kappa shape index (κ3) is 4.12. The summed E-state index contributed by atoms with van der Waals surface area (Å²) in [6.07, 6.45) is 3.72. The van der Waals surface area contributed by atoms with Gasteiger partial charge < -0.3 is 9.73 Å². The molecule has 0 saturated heterocycles. The van der Waals surface area contributed by atoms with E-state index in [-0.39, 0.29) is 6.04 Å². The predicted octanol–water partition coefficient (Wildman–Crippen LogP) is 4.60. The summed E-state index contributed by atoms with van der Waals surface area (Å²) < 4.78 is 5.47. The first-order valence-corrected chi connectivity index (χ1v) is 7.10. The molecule has 0 aliphatic carbocycles. The van der Waals surface area contributed by atoms with Crippen molar-refractivity contribution in [3.05, 3.63) is 59.0 Å². The molecule has 1 heterocycles.